The van der Waals surface area contributed by atoms with Crippen molar-refractivity contribution in [1.29, 1.82) is 10.5 Å². The molecule has 5 heteroatoms. The SMILES string of the molecule is Cn1cc(C#N)c(-c2ccc(-c3ccccc3C#N)cc2)c1C(N)=O. The van der Waals surface area contributed by atoms with Crippen LogP contribution in [-0.4, -0.2) is 10.5 Å². The van der Waals surface area contributed by atoms with Gasteiger partial charge in [0.1, 0.15) is 11.8 Å². The van der Waals surface area contributed by atoms with E-state index in [4.69, 9.17) is 5.73 Å². The van der Waals surface area contributed by atoms with Crippen molar-refractivity contribution in [3.8, 4) is 34.4 Å². The summed E-state index contributed by atoms with van der Waals surface area (Å²) >= 11 is 0. The normalized spacial score (nSPS) is 10.0. The standard InChI is InChI=1S/C20H14N4O/c1-24-12-16(11-22)18(19(24)20(23)25)14-8-6-13(7-9-14)17-5-3-2-4-15(17)10-21/h2-9,12H,1H3,(H2,23,25). The van der Waals surface area contributed by atoms with Gasteiger partial charge in [-0.25, -0.2) is 0 Å². The highest BCUT2D eigenvalue weighted by Crippen LogP contribution is 2.31. The van der Waals surface area contributed by atoms with Crippen molar-refractivity contribution in [2.75, 3.05) is 0 Å². The molecule has 5 nitrogen and oxygen atoms in total. The maximum atomic E-state index is 11.8. The quantitative estimate of drug-likeness (QED) is 0.800. The lowest BCUT2D eigenvalue weighted by Gasteiger charge is -2.08. The Hall–Kier alpha value is -3.83. The number of nitrogens with two attached hydrogens (primary N) is 1. The first-order chi connectivity index (χ1) is 12.1. The molecule has 0 aliphatic carbocycles. The largest absolute Gasteiger partial charge is 0.364 e. The minimum atomic E-state index is -0.585. The van der Waals surface area contributed by atoms with Crippen LogP contribution in [0, 0.1) is 22.7 Å². The third kappa shape index (κ3) is 2.75. The lowest BCUT2D eigenvalue weighted by atomic mass is 9.96. The van der Waals surface area contributed by atoms with Crippen LogP contribution in [0.5, 0.6) is 0 Å². The summed E-state index contributed by atoms with van der Waals surface area (Å²) < 4.78 is 1.56. The Bertz CT molecular complexity index is 1050. The maximum Gasteiger partial charge on any atom is 0.266 e. The van der Waals surface area contributed by atoms with Gasteiger partial charge >= 0.3 is 0 Å². The van der Waals surface area contributed by atoms with Gasteiger partial charge in [-0.1, -0.05) is 42.5 Å². The Morgan fingerprint density at radius 3 is 2.16 bits per heavy atom. The van der Waals surface area contributed by atoms with E-state index in [1.807, 2.05) is 42.5 Å². The molecule has 1 heterocycles. The number of rotatable bonds is 3. The summed E-state index contributed by atoms with van der Waals surface area (Å²) in [6.45, 7) is 0. The first-order valence-electron chi connectivity index (χ1n) is 7.56. The number of carbonyl (C=O) groups is 1. The Labute approximate surface area is 145 Å². The van der Waals surface area contributed by atoms with Gasteiger partial charge in [0.25, 0.3) is 5.91 Å². The van der Waals surface area contributed by atoms with Crippen LogP contribution in [0.1, 0.15) is 21.6 Å². The Morgan fingerprint density at radius 1 is 0.960 bits per heavy atom. The number of aryl methyl sites for hydroxylation is 1. The molecule has 3 rings (SSSR count). The molecule has 25 heavy (non-hydrogen) atoms. The van der Waals surface area contributed by atoms with Crippen LogP contribution in [-0.2, 0) is 7.05 Å². The van der Waals surface area contributed by atoms with Crippen LogP contribution in [0.4, 0.5) is 0 Å². The molecule has 1 aromatic heterocycles. The van der Waals surface area contributed by atoms with Crippen molar-refractivity contribution in [2.45, 2.75) is 0 Å². The predicted octanol–water partition coefficient (Wildman–Crippen LogP) is 3.20. The number of benzene rings is 2. The fraction of sp³-hybridized carbons (Fsp3) is 0.0500. The Balaban J connectivity index is 2.13. The molecule has 1 amide bonds. The molecule has 0 atom stereocenters. The fourth-order valence-corrected chi connectivity index (χ4v) is 2.95. The van der Waals surface area contributed by atoms with Crippen molar-refractivity contribution in [3.05, 3.63) is 71.5 Å². The van der Waals surface area contributed by atoms with E-state index in [0.717, 1.165) is 16.7 Å². The molecule has 2 N–H and O–H groups in total. The number of nitrogens with zero attached hydrogens (tertiary/aromatic N) is 3. The van der Waals surface area contributed by atoms with Crippen molar-refractivity contribution in [3.63, 3.8) is 0 Å². The highest BCUT2D eigenvalue weighted by Gasteiger charge is 2.19. The second-order valence-electron chi connectivity index (χ2n) is 5.59. The second kappa shape index (κ2) is 6.35. The van der Waals surface area contributed by atoms with Crippen LogP contribution in [0.2, 0.25) is 0 Å². The van der Waals surface area contributed by atoms with E-state index in [2.05, 4.69) is 12.1 Å². The Kier molecular flexibility index (Phi) is 4.07. The number of hydrogen-bond donors (Lipinski definition) is 1. The van der Waals surface area contributed by atoms with Gasteiger partial charge in [-0.05, 0) is 22.8 Å². The summed E-state index contributed by atoms with van der Waals surface area (Å²) in [5.74, 6) is -0.585. The number of amides is 1. The zero-order valence-corrected chi connectivity index (χ0v) is 13.5. The number of carbonyl (C=O) groups excluding carboxylic acids is 1. The topological polar surface area (TPSA) is 95.6 Å². The fourth-order valence-electron chi connectivity index (χ4n) is 2.95. The molecule has 0 radical (unpaired) electrons. The highest BCUT2D eigenvalue weighted by atomic mass is 16.1. The van der Waals surface area contributed by atoms with E-state index >= 15 is 0 Å². The highest BCUT2D eigenvalue weighted by molar-refractivity contribution is 6.00. The molecule has 0 saturated heterocycles. The van der Waals surface area contributed by atoms with E-state index in [0.29, 0.717) is 22.4 Å². The van der Waals surface area contributed by atoms with Gasteiger partial charge in [-0.2, -0.15) is 10.5 Å². The third-order valence-electron chi connectivity index (χ3n) is 4.07. The van der Waals surface area contributed by atoms with Gasteiger partial charge in [-0.3, -0.25) is 4.79 Å². The molecule has 0 fully saturated rings. The average molecular weight is 326 g/mol. The predicted molar refractivity (Wildman–Crippen MR) is 94.2 cm³/mol. The smallest absolute Gasteiger partial charge is 0.266 e. The van der Waals surface area contributed by atoms with Crippen LogP contribution < -0.4 is 5.73 Å². The molecule has 0 unspecified atom stereocenters. The average Bonchev–Trinajstić information content (AvgIpc) is 2.98. The number of aromatic nitrogens is 1. The van der Waals surface area contributed by atoms with Gasteiger partial charge < -0.3 is 10.3 Å². The number of primary amides is 1. The van der Waals surface area contributed by atoms with Gasteiger partial charge in [-0.15, -0.1) is 0 Å². The summed E-state index contributed by atoms with van der Waals surface area (Å²) in [6.07, 6.45) is 1.59. The molecule has 2 aromatic carbocycles. The first kappa shape index (κ1) is 16.0. The molecule has 120 valence electrons. The molecule has 0 saturated carbocycles. The molecule has 0 bridgehead atoms. The lowest BCUT2D eigenvalue weighted by molar-refractivity contribution is 0.0993. The van der Waals surface area contributed by atoms with Crippen molar-refractivity contribution in [1.82, 2.24) is 4.57 Å². The van der Waals surface area contributed by atoms with Gasteiger partial charge in [0.15, 0.2) is 0 Å². The zero-order chi connectivity index (χ0) is 18.0. The van der Waals surface area contributed by atoms with Crippen LogP contribution >= 0.6 is 0 Å². The maximum absolute atomic E-state index is 11.8. The minimum Gasteiger partial charge on any atom is -0.364 e. The van der Waals surface area contributed by atoms with E-state index in [9.17, 15) is 15.3 Å². The van der Waals surface area contributed by atoms with Crippen LogP contribution in [0.3, 0.4) is 0 Å². The number of nitriles is 2. The van der Waals surface area contributed by atoms with Gasteiger partial charge in [0, 0.05) is 18.8 Å². The summed E-state index contributed by atoms with van der Waals surface area (Å²) in [5.41, 5.74) is 9.72. The van der Waals surface area contributed by atoms with Crippen LogP contribution in [0.15, 0.2) is 54.7 Å². The van der Waals surface area contributed by atoms with Crippen molar-refractivity contribution >= 4 is 5.91 Å². The number of hydrogen-bond acceptors (Lipinski definition) is 3. The van der Waals surface area contributed by atoms with Crippen molar-refractivity contribution < 1.29 is 4.79 Å². The second-order valence-corrected chi connectivity index (χ2v) is 5.59. The summed E-state index contributed by atoms with van der Waals surface area (Å²) in [4.78, 5) is 11.8. The third-order valence-corrected chi connectivity index (χ3v) is 4.07. The summed E-state index contributed by atoms with van der Waals surface area (Å²) in [6, 6.07) is 19.0. The molecule has 0 aliphatic heterocycles. The Morgan fingerprint density at radius 2 is 1.56 bits per heavy atom. The minimum absolute atomic E-state index is 0.293. The monoisotopic (exact) mass is 326 g/mol. The summed E-state index contributed by atoms with van der Waals surface area (Å²) in [5, 5.41) is 18.6. The summed E-state index contributed by atoms with van der Waals surface area (Å²) in [7, 11) is 1.68. The molecule has 0 spiro atoms. The molecule has 0 aliphatic rings. The van der Waals surface area contributed by atoms with E-state index in [1.54, 1.807) is 23.9 Å². The molecular formula is C20H14N4O. The molecule has 3 aromatic rings. The van der Waals surface area contributed by atoms with Crippen LogP contribution in [0.25, 0.3) is 22.3 Å². The van der Waals surface area contributed by atoms with E-state index in [-0.39, 0.29) is 0 Å². The van der Waals surface area contributed by atoms with Gasteiger partial charge in [0.05, 0.1) is 17.2 Å². The van der Waals surface area contributed by atoms with E-state index in [1.165, 1.54) is 0 Å². The zero-order valence-electron chi connectivity index (χ0n) is 13.5. The lowest BCUT2D eigenvalue weighted by Crippen LogP contribution is -2.16. The van der Waals surface area contributed by atoms with Gasteiger partial charge in [0.2, 0.25) is 0 Å². The molecular weight excluding hydrogens is 312 g/mol. The van der Waals surface area contributed by atoms with E-state index < -0.39 is 5.91 Å². The first-order valence-corrected chi connectivity index (χ1v) is 7.56. The van der Waals surface area contributed by atoms with Crippen molar-refractivity contribution in [2.24, 2.45) is 12.8 Å².